The number of hydrogen-bond donors (Lipinski definition) is 5. The van der Waals surface area contributed by atoms with Crippen LogP contribution >= 0.6 is 0 Å². The van der Waals surface area contributed by atoms with Crippen LogP contribution in [0.3, 0.4) is 0 Å². The van der Waals surface area contributed by atoms with Gasteiger partial charge in [0.1, 0.15) is 12.4 Å². The van der Waals surface area contributed by atoms with Gasteiger partial charge in [0.2, 0.25) is 0 Å². The number of aromatic nitrogens is 1. The van der Waals surface area contributed by atoms with Gasteiger partial charge in [-0.05, 0) is 67.4 Å². The van der Waals surface area contributed by atoms with E-state index in [1.165, 1.54) is 12.1 Å². The summed E-state index contributed by atoms with van der Waals surface area (Å²) in [6.45, 7) is 3.42. The average Bonchev–Trinajstić information content (AvgIpc) is 3.50. The largest absolute Gasteiger partial charge is 0.489 e. The molecule has 44 heavy (non-hydrogen) atoms. The van der Waals surface area contributed by atoms with Gasteiger partial charge in [-0.3, -0.25) is 25.6 Å². The number of esters is 1. The number of H-pyrrole nitrogens is 1. The molecule has 1 unspecified atom stereocenters. The molecule has 1 heterocycles. The van der Waals surface area contributed by atoms with Gasteiger partial charge in [0, 0.05) is 28.7 Å². The van der Waals surface area contributed by atoms with Crippen LogP contribution < -0.4 is 4.74 Å². The van der Waals surface area contributed by atoms with Crippen molar-refractivity contribution in [3.8, 4) is 5.75 Å². The van der Waals surface area contributed by atoms with E-state index in [1.54, 1.807) is 53.6 Å². The molecule has 1 atom stereocenters. The highest BCUT2D eigenvalue weighted by Crippen LogP contribution is 2.25. The predicted molar refractivity (Wildman–Crippen MR) is 152 cm³/mol. The molecule has 0 fully saturated rings. The molecule has 3 aromatic carbocycles. The van der Waals surface area contributed by atoms with E-state index in [-0.39, 0.29) is 49.3 Å². The molecule has 0 saturated heterocycles. The molecular weight excluding hydrogens is 576 g/mol. The van der Waals surface area contributed by atoms with Gasteiger partial charge in [-0.25, -0.2) is 14.5 Å². The van der Waals surface area contributed by atoms with Gasteiger partial charge in [0.05, 0.1) is 36.1 Å². The molecule has 5 N–H and O–H groups in total. The van der Waals surface area contributed by atoms with Crippen molar-refractivity contribution in [2.45, 2.75) is 39.2 Å². The fraction of sp³-hybridized carbons (Fsp3) is 0.267. The first kappa shape index (κ1) is 32.5. The highest BCUT2D eigenvalue weighted by atomic mass is 17.1. The predicted octanol–water partition coefficient (Wildman–Crippen LogP) is 4.35. The number of benzene rings is 3. The van der Waals surface area contributed by atoms with Gasteiger partial charge in [-0.1, -0.05) is 30.3 Å². The number of ether oxygens (including phenoxy) is 2. The molecule has 14 nitrogen and oxygen atoms in total. The maximum Gasteiger partial charge on any atom is 0.338 e. The van der Waals surface area contributed by atoms with Crippen LogP contribution in [0.5, 0.6) is 5.75 Å². The Labute approximate surface area is 252 Å². The van der Waals surface area contributed by atoms with Crippen molar-refractivity contribution in [2.24, 2.45) is 0 Å². The molecule has 4 rings (SSSR count). The molecule has 1 aromatic heterocycles. The van der Waals surface area contributed by atoms with Gasteiger partial charge in [0.25, 0.3) is 5.91 Å². The summed E-state index contributed by atoms with van der Waals surface area (Å²) in [5, 5.41) is 35.1. The molecule has 0 saturated carbocycles. The fourth-order valence-corrected chi connectivity index (χ4v) is 4.37. The molecule has 0 radical (unpaired) electrons. The summed E-state index contributed by atoms with van der Waals surface area (Å²) in [4.78, 5) is 40.7. The number of hydrogen-bond acceptors (Lipinski definition) is 12. The average molecular weight is 611 g/mol. The smallest absolute Gasteiger partial charge is 0.338 e. The van der Waals surface area contributed by atoms with Crippen molar-refractivity contribution in [1.82, 2.24) is 20.7 Å². The molecule has 4 aromatic rings. The SMILES string of the molecule is CC(C)N(CC(COc1cccc2[nH]ccc12)OC(=O)c1ccc(CON(O)O)cc1)C(=O)c1ccc(CON(O)O)cc1. The van der Waals surface area contributed by atoms with Gasteiger partial charge in [-0.15, -0.1) is 0 Å². The maximum absolute atomic E-state index is 13.6. The minimum Gasteiger partial charge on any atom is -0.489 e. The van der Waals surface area contributed by atoms with Gasteiger partial charge in [-0.2, -0.15) is 0 Å². The zero-order valence-corrected chi connectivity index (χ0v) is 24.1. The molecular formula is C30H34N4O10. The lowest BCUT2D eigenvalue weighted by atomic mass is 10.1. The lowest BCUT2D eigenvalue weighted by molar-refractivity contribution is -0.497. The van der Waals surface area contributed by atoms with Crippen LogP contribution in [0.2, 0.25) is 0 Å². The van der Waals surface area contributed by atoms with Crippen LogP contribution in [-0.2, 0) is 27.6 Å². The van der Waals surface area contributed by atoms with Crippen LogP contribution in [0.1, 0.15) is 45.7 Å². The molecule has 14 heteroatoms. The van der Waals surface area contributed by atoms with Crippen LogP contribution in [-0.4, -0.2) is 78.7 Å². The van der Waals surface area contributed by atoms with E-state index < -0.39 is 17.5 Å². The van der Waals surface area contributed by atoms with E-state index in [1.807, 2.05) is 32.0 Å². The zero-order valence-electron chi connectivity index (χ0n) is 24.1. The second-order valence-electron chi connectivity index (χ2n) is 10.0. The summed E-state index contributed by atoms with van der Waals surface area (Å²) in [6, 6.07) is 19.8. The Kier molecular flexibility index (Phi) is 11.4. The fourth-order valence-electron chi connectivity index (χ4n) is 4.37. The van der Waals surface area contributed by atoms with E-state index in [9.17, 15) is 9.59 Å². The van der Waals surface area contributed by atoms with Crippen LogP contribution in [0, 0.1) is 0 Å². The third kappa shape index (κ3) is 9.06. The monoisotopic (exact) mass is 610 g/mol. The molecule has 234 valence electrons. The minimum atomic E-state index is -0.865. The van der Waals surface area contributed by atoms with Gasteiger partial charge in [0.15, 0.2) is 6.10 Å². The third-order valence-electron chi connectivity index (χ3n) is 6.62. The number of nitrogens with zero attached hydrogens (tertiary/aromatic N) is 3. The Balaban J connectivity index is 1.51. The number of carbonyl (C=O) groups excluding carboxylic acids is 2. The standard InChI is InChI=1S/C30H34N4O10/c1-20(2)32(29(35)23-10-6-21(7-11-23)17-42-33(37)38)16-25(19-41-28-5-3-4-27-26(28)14-15-31-27)44-30(36)24-12-8-22(9-13-24)18-43-34(39)40/h3-15,20,25,31,37-40H,16-19H2,1-2H3. The summed E-state index contributed by atoms with van der Waals surface area (Å²) in [6.07, 6.45) is 0.930. The molecule has 0 spiro atoms. The van der Waals surface area contributed by atoms with E-state index in [4.69, 9.17) is 30.3 Å². The Morgan fingerprint density at radius 3 is 1.95 bits per heavy atom. The number of rotatable bonds is 15. The van der Waals surface area contributed by atoms with Crippen molar-refractivity contribution in [2.75, 3.05) is 13.2 Å². The zero-order chi connectivity index (χ0) is 31.6. The minimum absolute atomic E-state index is 0.0228. The first-order chi connectivity index (χ1) is 21.1. The van der Waals surface area contributed by atoms with Crippen molar-refractivity contribution in [3.63, 3.8) is 0 Å². The van der Waals surface area contributed by atoms with Crippen molar-refractivity contribution in [3.05, 3.63) is 101 Å². The lowest BCUT2D eigenvalue weighted by Crippen LogP contribution is -2.45. The van der Waals surface area contributed by atoms with Gasteiger partial charge < -0.3 is 19.4 Å². The van der Waals surface area contributed by atoms with Crippen LogP contribution in [0.25, 0.3) is 10.9 Å². The van der Waals surface area contributed by atoms with E-state index in [0.29, 0.717) is 22.4 Å². The third-order valence-corrected chi connectivity index (χ3v) is 6.62. The number of amides is 1. The summed E-state index contributed by atoms with van der Waals surface area (Å²) >= 11 is 0. The number of carbonyl (C=O) groups is 2. The highest BCUT2D eigenvalue weighted by molar-refractivity contribution is 5.94. The Bertz CT molecular complexity index is 1510. The first-order valence-electron chi connectivity index (χ1n) is 13.6. The first-order valence-corrected chi connectivity index (χ1v) is 13.6. The van der Waals surface area contributed by atoms with Crippen molar-refractivity contribution < 1.29 is 49.6 Å². The van der Waals surface area contributed by atoms with E-state index in [2.05, 4.69) is 14.7 Å². The maximum atomic E-state index is 13.6. The number of fused-ring (bicyclic) bond motifs is 1. The van der Waals surface area contributed by atoms with Crippen molar-refractivity contribution in [1.29, 1.82) is 0 Å². The highest BCUT2D eigenvalue weighted by Gasteiger charge is 2.26. The second kappa shape index (κ2) is 15.4. The molecule has 0 bridgehead atoms. The molecule has 1 amide bonds. The summed E-state index contributed by atoms with van der Waals surface area (Å²) in [5.74, 6) is -0.363. The van der Waals surface area contributed by atoms with E-state index in [0.717, 1.165) is 10.9 Å². The molecule has 0 aliphatic rings. The quantitative estimate of drug-likeness (QED) is 0.0951. The number of aromatic amines is 1. The lowest BCUT2D eigenvalue weighted by Gasteiger charge is -2.31. The van der Waals surface area contributed by atoms with Crippen molar-refractivity contribution >= 4 is 22.8 Å². The molecule has 0 aliphatic carbocycles. The summed E-state index contributed by atoms with van der Waals surface area (Å²) < 4.78 is 12.0. The summed E-state index contributed by atoms with van der Waals surface area (Å²) in [7, 11) is 0. The topological polar surface area (TPSA) is 177 Å². The molecule has 0 aliphatic heterocycles. The van der Waals surface area contributed by atoms with Crippen LogP contribution in [0.15, 0.2) is 79.0 Å². The van der Waals surface area contributed by atoms with Gasteiger partial charge >= 0.3 is 5.97 Å². The van der Waals surface area contributed by atoms with Crippen LogP contribution in [0.4, 0.5) is 0 Å². The Morgan fingerprint density at radius 2 is 1.39 bits per heavy atom. The normalized spacial score (nSPS) is 12.2. The second-order valence-corrected chi connectivity index (χ2v) is 10.0. The Morgan fingerprint density at radius 1 is 0.795 bits per heavy atom. The Hall–Kier alpha value is -4.38. The van der Waals surface area contributed by atoms with E-state index >= 15 is 0 Å². The number of nitrogens with one attached hydrogen (secondary N) is 1. The summed E-state index contributed by atoms with van der Waals surface area (Å²) in [5.41, 5.74) is 2.67.